The first kappa shape index (κ1) is 33.9. The second-order valence-electron chi connectivity index (χ2n) is 13.2. The molecule has 8 rings (SSSR count). The molecule has 1 aliphatic heterocycles. The Morgan fingerprint density at radius 1 is 0.774 bits per heavy atom. The third kappa shape index (κ3) is 6.13. The fourth-order valence-corrected chi connectivity index (χ4v) is 7.76. The molecule has 264 valence electrons. The van der Waals surface area contributed by atoms with Crippen LogP contribution >= 0.6 is 0 Å². The molecule has 7 aromatic rings. The molecule has 0 spiro atoms. The zero-order chi connectivity index (χ0) is 36.2. The Balaban J connectivity index is 1.21. The lowest BCUT2D eigenvalue weighted by Gasteiger charge is -2.36. The van der Waals surface area contributed by atoms with Crippen molar-refractivity contribution in [2.45, 2.75) is 44.8 Å². The summed E-state index contributed by atoms with van der Waals surface area (Å²) >= 11 is 0. The monoisotopic (exact) mass is 699 g/mol. The fourth-order valence-electron chi connectivity index (χ4n) is 7.76. The third-order valence-corrected chi connectivity index (χ3v) is 10.1. The van der Waals surface area contributed by atoms with Crippen LogP contribution in [0.3, 0.4) is 0 Å². The normalized spacial score (nSPS) is 14.1. The van der Waals surface area contributed by atoms with Crippen molar-refractivity contribution < 1.29 is 9.53 Å². The van der Waals surface area contributed by atoms with Crippen LogP contribution < -0.4 is 5.32 Å². The summed E-state index contributed by atoms with van der Waals surface area (Å²) in [6.45, 7) is 5.56. The highest BCUT2D eigenvalue weighted by Gasteiger charge is 2.42. The molecule has 0 radical (unpaired) electrons. The SMILES string of the molecule is CCOC(=O)C1NCCc2nc(CC)n(Cc3ccc(-c4ccccc4-c4nnnn4C(c4ccccc4)(c4ccccc4)c4ccccc4)cc3)c21. The maximum atomic E-state index is 13.0. The van der Waals surface area contributed by atoms with Gasteiger partial charge >= 0.3 is 5.97 Å². The van der Waals surface area contributed by atoms with Crippen molar-refractivity contribution in [3.8, 4) is 22.5 Å². The topological polar surface area (TPSA) is 99.8 Å². The number of fused-ring (bicyclic) bond motifs is 1. The smallest absolute Gasteiger partial charge is 0.329 e. The van der Waals surface area contributed by atoms with Crippen LogP contribution in [-0.2, 0) is 34.5 Å². The van der Waals surface area contributed by atoms with E-state index in [1.165, 1.54) is 0 Å². The lowest BCUT2D eigenvalue weighted by atomic mass is 9.77. The molecule has 1 N–H and O–H groups in total. The van der Waals surface area contributed by atoms with E-state index < -0.39 is 11.6 Å². The Hall–Kier alpha value is -6.19. The molecule has 1 atom stereocenters. The number of carbonyl (C=O) groups excluding carboxylic acids is 1. The summed E-state index contributed by atoms with van der Waals surface area (Å²) in [4.78, 5) is 17.9. The average molecular weight is 700 g/mol. The lowest BCUT2D eigenvalue weighted by Crippen LogP contribution is -2.39. The second kappa shape index (κ2) is 14.8. The van der Waals surface area contributed by atoms with Crippen LogP contribution in [0.5, 0.6) is 0 Å². The average Bonchev–Trinajstić information content (AvgIpc) is 3.85. The number of esters is 1. The Morgan fingerprint density at radius 3 is 1.94 bits per heavy atom. The van der Waals surface area contributed by atoms with Gasteiger partial charge in [0.1, 0.15) is 17.4 Å². The molecule has 0 fully saturated rings. The van der Waals surface area contributed by atoms with E-state index in [9.17, 15) is 4.79 Å². The van der Waals surface area contributed by atoms with Gasteiger partial charge in [-0.1, -0.05) is 146 Å². The maximum Gasteiger partial charge on any atom is 0.329 e. The number of imidazole rings is 1. The quantitative estimate of drug-likeness (QED) is 0.111. The molecule has 1 unspecified atom stereocenters. The first-order valence-corrected chi connectivity index (χ1v) is 18.3. The molecule has 9 nitrogen and oxygen atoms in total. The molecular formula is C44H41N7O2. The third-order valence-electron chi connectivity index (χ3n) is 10.1. The number of aryl methyl sites for hydroxylation is 1. The molecule has 1 aliphatic rings. The number of hydrogen-bond acceptors (Lipinski definition) is 7. The number of tetrazole rings is 1. The van der Waals surface area contributed by atoms with Crippen molar-refractivity contribution in [3.63, 3.8) is 0 Å². The Bertz CT molecular complexity index is 2220. The first-order valence-electron chi connectivity index (χ1n) is 18.3. The summed E-state index contributed by atoms with van der Waals surface area (Å²) in [7, 11) is 0. The number of rotatable bonds is 11. The van der Waals surface area contributed by atoms with Crippen molar-refractivity contribution in [1.29, 1.82) is 0 Å². The lowest BCUT2D eigenvalue weighted by molar-refractivity contribution is -0.146. The molecule has 3 heterocycles. The molecule has 53 heavy (non-hydrogen) atoms. The summed E-state index contributed by atoms with van der Waals surface area (Å²) in [5.41, 5.74) is 8.22. The van der Waals surface area contributed by atoms with E-state index in [4.69, 9.17) is 20.0 Å². The molecule has 0 amide bonds. The van der Waals surface area contributed by atoms with Gasteiger partial charge in [0.25, 0.3) is 0 Å². The van der Waals surface area contributed by atoms with Gasteiger partial charge in [-0.2, -0.15) is 0 Å². The molecule has 5 aromatic carbocycles. The molecule has 0 bridgehead atoms. The van der Waals surface area contributed by atoms with Gasteiger partial charge in [-0.25, -0.2) is 14.5 Å². The van der Waals surface area contributed by atoms with Crippen LogP contribution in [0.2, 0.25) is 0 Å². The van der Waals surface area contributed by atoms with Gasteiger partial charge in [0.15, 0.2) is 5.82 Å². The van der Waals surface area contributed by atoms with E-state index in [-0.39, 0.29) is 5.97 Å². The minimum Gasteiger partial charge on any atom is -0.465 e. The minimum absolute atomic E-state index is 0.262. The predicted molar refractivity (Wildman–Crippen MR) is 205 cm³/mol. The molecular weight excluding hydrogens is 659 g/mol. The largest absolute Gasteiger partial charge is 0.465 e. The Labute approximate surface area is 309 Å². The molecule has 0 saturated heterocycles. The number of carbonyl (C=O) groups is 1. The minimum atomic E-state index is -0.864. The van der Waals surface area contributed by atoms with Crippen molar-refractivity contribution >= 4 is 5.97 Å². The number of nitrogens with one attached hydrogen (secondary N) is 1. The molecule has 0 saturated carbocycles. The van der Waals surface area contributed by atoms with Crippen LogP contribution in [0.4, 0.5) is 0 Å². The summed E-state index contributed by atoms with van der Waals surface area (Å²) in [5.74, 6) is 1.35. The zero-order valence-corrected chi connectivity index (χ0v) is 29.9. The molecule has 0 aliphatic carbocycles. The second-order valence-corrected chi connectivity index (χ2v) is 13.2. The molecule has 9 heteroatoms. The van der Waals surface area contributed by atoms with Gasteiger partial charge in [0, 0.05) is 31.5 Å². The summed E-state index contributed by atoms with van der Waals surface area (Å²) in [6, 6.07) is 47.7. The van der Waals surface area contributed by atoms with Crippen molar-refractivity contribution in [2.75, 3.05) is 13.2 Å². The van der Waals surface area contributed by atoms with Gasteiger partial charge in [-0.05, 0) is 50.7 Å². The van der Waals surface area contributed by atoms with Crippen molar-refractivity contribution in [3.05, 3.63) is 179 Å². The summed E-state index contributed by atoms with van der Waals surface area (Å²) < 4.78 is 9.61. The van der Waals surface area contributed by atoms with Gasteiger partial charge in [0.05, 0.1) is 18.0 Å². The number of nitrogens with zero attached hydrogens (tertiary/aromatic N) is 6. The first-order chi connectivity index (χ1) is 26.1. The number of benzene rings is 5. The van der Waals surface area contributed by atoms with E-state index in [1.54, 1.807) is 0 Å². The number of aromatic nitrogens is 6. The number of hydrogen-bond donors (Lipinski definition) is 1. The number of ether oxygens (including phenoxy) is 1. The highest BCUT2D eigenvalue weighted by Crippen LogP contribution is 2.43. The van der Waals surface area contributed by atoms with Crippen LogP contribution in [0.25, 0.3) is 22.5 Å². The van der Waals surface area contributed by atoms with Crippen LogP contribution in [0.15, 0.2) is 140 Å². The Kier molecular flexibility index (Phi) is 9.48. The highest BCUT2D eigenvalue weighted by atomic mass is 16.5. The van der Waals surface area contributed by atoms with Crippen LogP contribution in [0, 0.1) is 0 Å². The van der Waals surface area contributed by atoms with E-state index in [1.807, 2.05) is 41.9 Å². The van der Waals surface area contributed by atoms with Crippen LogP contribution in [-0.4, -0.2) is 48.9 Å². The van der Waals surface area contributed by atoms with Crippen molar-refractivity contribution in [2.24, 2.45) is 0 Å². The fraction of sp³-hybridized carbons (Fsp3) is 0.205. The maximum absolute atomic E-state index is 13.0. The van der Waals surface area contributed by atoms with E-state index >= 15 is 0 Å². The summed E-state index contributed by atoms with van der Waals surface area (Å²) in [5, 5.41) is 17.2. The summed E-state index contributed by atoms with van der Waals surface area (Å²) in [6.07, 6.45) is 1.54. The molecule has 2 aromatic heterocycles. The van der Waals surface area contributed by atoms with Gasteiger partial charge in [-0.15, -0.1) is 5.10 Å². The van der Waals surface area contributed by atoms with E-state index in [0.717, 1.165) is 69.0 Å². The zero-order valence-electron chi connectivity index (χ0n) is 29.9. The van der Waals surface area contributed by atoms with Crippen LogP contribution in [0.1, 0.15) is 59.4 Å². The Morgan fingerprint density at radius 2 is 1.36 bits per heavy atom. The van der Waals surface area contributed by atoms with Gasteiger partial charge in [0.2, 0.25) is 0 Å². The predicted octanol–water partition coefficient (Wildman–Crippen LogP) is 7.40. The van der Waals surface area contributed by atoms with E-state index in [0.29, 0.717) is 25.5 Å². The highest BCUT2D eigenvalue weighted by molar-refractivity contribution is 5.81. The standard InChI is InChI=1S/C44H41N7O2/c1-3-39-46-38-28-29-45-40(43(52)53-4-2)41(38)50(39)30-31-24-26-32(27-25-31)36-22-14-15-23-37(36)42-47-48-49-51(42)44(33-16-8-5-9-17-33,34-18-10-6-11-19-34)35-20-12-7-13-21-35/h5-27,40,45H,3-4,28-30H2,1-2H3. The van der Waals surface area contributed by atoms with Gasteiger partial charge < -0.3 is 9.30 Å². The van der Waals surface area contributed by atoms with E-state index in [2.05, 4.69) is 131 Å². The van der Waals surface area contributed by atoms with Gasteiger partial charge in [-0.3, -0.25) is 5.32 Å². The van der Waals surface area contributed by atoms with Crippen molar-refractivity contribution in [1.82, 2.24) is 35.1 Å².